The molecule has 1 aliphatic rings. The standard InChI is InChI=1S/C17H29N3OS/c1-13-11-19(12-14(2)20(13)22(6,7)21)16-9-8-15(10-18-16)17(3,4)5/h8-10,13-14H,6,11-12H2,1-5,7H3/t13-,14+,22?. The summed E-state index contributed by atoms with van der Waals surface area (Å²) in [6.07, 6.45) is 3.70. The molecule has 1 aliphatic heterocycles. The van der Waals surface area contributed by atoms with Crippen LogP contribution in [0.1, 0.15) is 40.2 Å². The Bertz CT molecular complexity index is 604. The number of piperazine rings is 1. The minimum Gasteiger partial charge on any atom is -0.353 e. The van der Waals surface area contributed by atoms with Gasteiger partial charge in [0.25, 0.3) is 0 Å². The fourth-order valence-electron chi connectivity index (χ4n) is 3.27. The first-order valence-electron chi connectivity index (χ1n) is 7.82. The largest absolute Gasteiger partial charge is 0.353 e. The first-order chi connectivity index (χ1) is 10.00. The topological polar surface area (TPSA) is 36.4 Å². The van der Waals surface area contributed by atoms with Crippen LogP contribution in [0.15, 0.2) is 18.3 Å². The third kappa shape index (κ3) is 3.63. The smallest absolute Gasteiger partial charge is 0.128 e. The lowest BCUT2D eigenvalue weighted by atomic mass is 9.88. The van der Waals surface area contributed by atoms with E-state index in [9.17, 15) is 4.21 Å². The maximum Gasteiger partial charge on any atom is 0.128 e. The predicted octanol–water partition coefficient (Wildman–Crippen LogP) is 2.54. The van der Waals surface area contributed by atoms with E-state index < -0.39 is 9.71 Å². The molecule has 124 valence electrons. The lowest BCUT2D eigenvalue weighted by molar-refractivity contribution is 0.252. The maximum atomic E-state index is 12.3. The minimum absolute atomic E-state index is 0.117. The summed E-state index contributed by atoms with van der Waals surface area (Å²) in [5.41, 5.74) is 1.36. The van der Waals surface area contributed by atoms with Crippen molar-refractivity contribution in [2.45, 2.75) is 52.1 Å². The lowest BCUT2D eigenvalue weighted by Gasteiger charge is -2.45. The number of hydrogen-bond donors (Lipinski definition) is 0. The molecular formula is C17H29N3OS. The Labute approximate surface area is 135 Å². The molecule has 0 saturated carbocycles. The maximum absolute atomic E-state index is 12.3. The summed E-state index contributed by atoms with van der Waals surface area (Å²) in [6, 6.07) is 4.66. The molecule has 1 fully saturated rings. The summed E-state index contributed by atoms with van der Waals surface area (Å²) >= 11 is 0. The van der Waals surface area contributed by atoms with Crippen molar-refractivity contribution in [3.8, 4) is 0 Å². The molecule has 1 saturated heterocycles. The van der Waals surface area contributed by atoms with Gasteiger partial charge in [0.1, 0.15) is 5.82 Å². The van der Waals surface area contributed by atoms with Crippen molar-refractivity contribution in [3.63, 3.8) is 0 Å². The van der Waals surface area contributed by atoms with Gasteiger partial charge in [0.05, 0.1) is 0 Å². The van der Waals surface area contributed by atoms with E-state index in [-0.39, 0.29) is 17.5 Å². The van der Waals surface area contributed by atoms with Gasteiger partial charge in [-0.1, -0.05) is 26.8 Å². The van der Waals surface area contributed by atoms with Crippen LogP contribution in [0.2, 0.25) is 0 Å². The summed E-state index contributed by atoms with van der Waals surface area (Å²) in [4.78, 5) is 6.93. The Morgan fingerprint density at radius 2 is 1.77 bits per heavy atom. The van der Waals surface area contributed by atoms with Crippen LogP contribution < -0.4 is 4.90 Å². The quantitative estimate of drug-likeness (QED) is 0.785. The summed E-state index contributed by atoms with van der Waals surface area (Å²) in [5, 5.41) is 0. The number of pyridine rings is 1. The third-order valence-electron chi connectivity index (χ3n) is 4.22. The molecule has 0 N–H and O–H groups in total. The molecule has 1 aromatic rings. The predicted molar refractivity (Wildman–Crippen MR) is 97.1 cm³/mol. The molecule has 0 aliphatic carbocycles. The SMILES string of the molecule is C=S(C)(=O)N1[C@H](C)CN(c2ccc(C(C)(C)C)cn2)C[C@@H]1C. The van der Waals surface area contributed by atoms with Crippen molar-refractivity contribution < 1.29 is 4.21 Å². The van der Waals surface area contributed by atoms with Crippen molar-refractivity contribution in [2.24, 2.45) is 0 Å². The van der Waals surface area contributed by atoms with Gasteiger partial charge in [-0.05, 0) is 36.8 Å². The highest BCUT2D eigenvalue weighted by atomic mass is 32.2. The molecule has 22 heavy (non-hydrogen) atoms. The minimum atomic E-state index is -2.17. The summed E-state index contributed by atoms with van der Waals surface area (Å²) < 4.78 is 14.4. The number of aromatic nitrogens is 1. The Balaban J connectivity index is 2.19. The van der Waals surface area contributed by atoms with Crippen LogP contribution >= 0.6 is 0 Å². The van der Waals surface area contributed by atoms with E-state index >= 15 is 0 Å². The second kappa shape index (κ2) is 5.85. The average Bonchev–Trinajstić information content (AvgIpc) is 2.35. The monoisotopic (exact) mass is 323 g/mol. The van der Waals surface area contributed by atoms with Gasteiger partial charge in [0.2, 0.25) is 0 Å². The lowest BCUT2D eigenvalue weighted by Crippen LogP contribution is -2.58. The molecule has 4 nitrogen and oxygen atoms in total. The summed E-state index contributed by atoms with van der Waals surface area (Å²) in [5.74, 6) is 4.85. The van der Waals surface area contributed by atoms with E-state index in [4.69, 9.17) is 0 Å². The molecule has 3 atom stereocenters. The van der Waals surface area contributed by atoms with Gasteiger partial charge >= 0.3 is 0 Å². The highest BCUT2D eigenvalue weighted by Gasteiger charge is 2.33. The van der Waals surface area contributed by atoms with E-state index in [1.165, 1.54) is 5.56 Å². The Morgan fingerprint density at radius 3 is 2.14 bits per heavy atom. The van der Waals surface area contributed by atoms with Crippen LogP contribution in [0, 0.1) is 0 Å². The molecule has 2 heterocycles. The fourth-order valence-corrected chi connectivity index (χ4v) is 4.93. The number of anilines is 1. The first kappa shape index (κ1) is 17.3. The summed E-state index contributed by atoms with van der Waals surface area (Å²) in [6.45, 7) is 12.5. The van der Waals surface area contributed by atoms with Crippen LogP contribution in [0.3, 0.4) is 0 Å². The van der Waals surface area contributed by atoms with E-state index in [2.05, 4.69) is 62.5 Å². The third-order valence-corrected chi connectivity index (χ3v) is 5.83. The van der Waals surface area contributed by atoms with Crippen molar-refractivity contribution in [1.82, 2.24) is 9.29 Å². The van der Waals surface area contributed by atoms with Crippen LogP contribution in [0.25, 0.3) is 0 Å². The van der Waals surface area contributed by atoms with Gasteiger partial charge in [-0.3, -0.25) is 4.21 Å². The van der Waals surface area contributed by atoms with E-state index in [0.717, 1.165) is 18.9 Å². The van der Waals surface area contributed by atoms with E-state index in [0.29, 0.717) is 0 Å². The number of hydrogen-bond acceptors (Lipinski definition) is 3. The normalized spacial score (nSPS) is 26.7. The number of nitrogens with zero attached hydrogens (tertiary/aromatic N) is 3. The Hall–Kier alpha value is -1.07. The van der Waals surface area contributed by atoms with E-state index in [1.807, 2.05) is 10.5 Å². The molecule has 0 spiro atoms. The molecule has 0 bridgehead atoms. The van der Waals surface area contributed by atoms with Gasteiger partial charge in [-0.15, -0.1) is 0 Å². The molecule has 2 rings (SSSR count). The first-order valence-corrected chi connectivity index (χ1v) is 9.91. The van der Waals surface area contributed by atoms with Crippen LogP contribution in [-0.2, 0) is 15.1 Å². The average molecular weight is 324 g/mol. The van der Waals surface area contributed by atoms with Gasteiger partial charge in [0, 0.05) is 47.3 Å². The molecule has 5 heteroatoms. The zero-order valence-electron chi connectivity index (χ0n) is 14.7. The van der Waals surface area contributed by atoms with Gasteiger partial charge < -0.3 is 4.90 Å². The molecule has 0 radical (unpaired) electrons. The van der Waals surface area contributed by atoms with Crippen molar-refractivity contribution in [2.75, 3.05) is 24.2 Å². The van der Waals surface area contributed by atoms with Crippen LogP contribution in [0.4, 0.5) is 5.82 Å². The zero-order valence-corrected chi connectivity index (χ0v) is 15.5. The second-order valence-corrected chi connectivity index (χ2v) is 9.92. The van der Waals surface area contributed by atoms with E-state index in [1.54, 1.807) is 6.26 Å². The van der Waals surface area contributed by atoms with Crippen molar-refractivity contribution in [3.05, 3.63) is 23.9 Å². The molecule has 1 unspecified atom stereocenters. The zero-order chi connectivity index (χ0) is 16.7. The fraction of sp³-hybridized carbons (Fsp3) is 0.647. The van der Waals surface area contributed by atoms with Crippen molar-refractivity contribution in [1.29, 1.82) is 0 Å². The molecule has 1 aromatic heterocycles. The Kier molecular flexibility index (Phi) is 4.60. The highest BCUT2D eigenvalue weighted by Crippen LogP contribution is 2.26. The highest BCUT2D eigenvalue weighted by molar-refractivity contribution is 7.97. The molecule has 0 amide bonds. The number of rotatable bonds is 2. The molecule has 0 aromatic carbocycles. The van der Waals surface area contributed by atoms with Gasteiger partial charge in [0.15, 0.2) is 0 Å². The van der Waals surface area contributed by atoms with Crippen LogP contribution in [-0.4, -0.2) is 50.8 Å². The summed E-state index contributed by atoms with van der Waals surface area (Å²) in [7, 11) is -2.17. The van der Waals surface area contributed by atoms with Gasteiger partial charge in [-0.25, -0.2) is 9.29 Å². The second-order valence-electron chi connectivity index (χ2n) is 7.58. The van der Waals surface area contributed by atoms with Gasteiger partial charge in [-0.2, -0.15) is 0 Å². The Morgan fingerprint density at radius 1 is 1.23 bits per heavy atom. The van der Waals surface area contributed by atoms with Crippen molar-refractivity contribution >= 4 is 21.4 Å². The van der Waals surface area contributed by atoms with Crippen LogP contribution in [0.5, 0.6) is 0 Å². The molecular weight excluding hydrogens is 294 g/mol.